The molecule has 13 heavy (non-hydrogen) atoms. The Labute approximate surface area is 82.7 Å². The number of hydrogen-bond donors (Lipinski definition) is 0. The molecular formula is C10H10ClNO. The largest absolute Gasteiger partial charge is 0.496 e. The lowest BCUT2D eigenvalue weighted by Crippen LogP contribution is -1.94. The van der Waals surface area contributed by atoms with E-state index in [0.717, 1.165) is 16.9 Å². The number of halogens is 1. The normalized spacial score (nSPS) is 9.38. The maximum atomic E-state index is 8.58. The highest BCUT2D eigenvalue weighted by molar-refractivity contribution is 6.31. The Morgan fingerprint density at radius 3 is 2.77 bits per heavy atom. The maximum absolute atomic E-state index is 8.58. The van der Waals surface area contributed by atoms with Gasteiger partial charge in [-0.3, -0.25) is 0 Å². The second-order valence-corrected chi connectivity index (χ2v) is 3.10. The molecule has 1 rings (SSSR count). The third-order valence-corrected chi connectivity index (χ3v) is 2.32. The number of rotatable bonds is 2. The second kappa shape index (κ2) is 4.15. The molecule has 0 atom stereocenters. The molecule has 0 saturated heterocycles. The van der Waals surface area contributed by atoms with Crippen molar-refractivity contribution in [3.63, 3.8) is 0 Å². The molecule has 1 aromatic carbocycles. The number of methoxy groups -OCH3 is 1. The first-order valence-electron chi connectivity index (χ1n) is 3.89. The highest BCUT2D eigenvalue weighted by atomic mass is 35.5. The molecule has 0 unspecified atom stereocenters. The van der Waals surface area contributed by atoms with Crippen molar-refractivity contribution in [3.8, 4) is 11.8 Å². The quantitative estimate of drug-likeness (QED) is 0.727. The van der Waals surface area contributed by atoms with Gasteiger partial charge in [0.15, 0.2) is 0 Å². The first-order valence-corrected chi connectivity index (χ1v) is 4.27. The van der Waals surface area contributed by atoms with Crippen molar-refractivity contribution in [1.82, 2.24) is 0 Å². The van der Waals surface area contributed by atoms with Crippen molar-refractivity contribution >= 4 is 11.6 Å². The predicted molar refractivity (Wildman–Crippen MR) is 52.1 cm³/mol. The summed E-state index contributed by atoms with van der Waals surface area (Å²) in [6, 6.07) is 5.63. The summed E-state index contributed by atoms with van der Waals surface area (Å²) in [5.74, 6) is 0.773. The maximum Gasteiger partial charge on any atom is 0.122 e. The standard InChI is InChI=1S/C10H10ClNO/c1-7-8(5-6-12)9(11)3-4-10(7)13-2/h3-4H,5H2,1-2H3. The molecule has 0 heterocycles. The first-order chi connectivity index (χ1) is 6.20. The fraction of sp³-hybridized carbons (Fsp3) is 0.300. The van der Waals surface area contributed by atoms with E-state index >= 15 is 0 Å². The molecule has 0 saturated carbocycles. The average Bonchev–Trinajstić information content (AvgIpc) is 2.12. The van der Waals surface area contributed by atoms with Crippen molar-refractivity contribution in [2.24, 2.45) is 0 Å². The average molecular weight is 196 g/mol. The van der Waals surface area contributed by atoms with E-state index in [-0.39, 0.29) is 0 Å². The molecule has 0 aromatic heterocycles. The lowest BCUT2D eigenvalue weighted by Gasteiger charge is -2.09. The van der Waals surface area contributed by atoms with Crippen LogP contribution in [-0.4, -0.2) is 7.11 Å². The van der Waals surface area contributed by atoms with Gasteiger partial charge in [0, 0.05) is 5.02 Å². The summed E-state index contributed by atoms with van der Waals surface area (Å²) in [5.41, 5.74) is 1.79. The number of ether oxygens (including phenoxy) is 1. The van der Waals surface area contributed by atoms with Crippen molar-refractivity contribution in [3.05, 3.63) is 28.3 Å². The molecular weight excluding hydrogens is 186 g/mol. The van der Waals surface area contributed by atoms with Gasteiger partial charge in [-0.25, -0.2) is 0 Å². The zero-order chi connectivity index (χ0) is 9.84. The van der Waals surface area contributed by atoms with Crippen LogP contribution in [0.1, 0.15) is 11.1 Å². The van der Waals surface area contributed by atoms with Gasteiger partial charge < -0.3 is 4.74 Å². The summed E-state index contributed by atoms with van der Waals surface area (Å²) in [5, 5.41) is 9.21. The van der Waals surface area contributed by atoms with Crippen LogP contribution in [0, 0.1) is 18.3 Å². The van der Waals surface area contributed by atoms with Crippen LogP contribution < -0.4 is 4.74 Å². The Morgan fingerprint density at radius 1 is 1.54 bits per heavy atom. The first kappa shape index (κ1) is 9.88. The third-order valence-electron chi connectivity index (χ3n) is 1.97. The monoisotopic (exact) mass is 195 g/mol. The van der Waals surface area contributed by atoms with E-state index in [1.165, 1.54) is 0 Å². The minimum Gasteiger partial charge on any atom is -0.496 e. The summed E-state index contributed by atoms with van der Waals surface area (Å²) < 4.78 is 5.12. The minimum atomic E-state index is 0.321. The van der Waals surface area contributed by atoms with Gasteiger partial charge >= 0.3 is 0 Å². The SMILES string of the molecule is COc1ccc(Cl)c(CC#N)c1C. The zero-order valence-electron chi connectivity index (χ0n) is 7.60. The Kier molecular flexibility index (Phi) is 3.16. The number of nitrogens with zero attached hydrogens (tertiary/aromatic N) is 1. The van der Waals surface area contributed by atoms with E-state index in [9.17, 15) is 0 Å². The molecule has 0 radical (unpaired) electrons. The minimum absolute atomic E-state index is 0.321. The van der Waals surface area contributed by atoms with Crippen LogP contribution in [0.5, 0.6) is 5.75 Å². The molecule has 3 heteroatoms. The molecule has 0 spiro atoms. The van der Waals surface area contributed by atoms with Crippen LogP contribution in [-0.2, 0) is 6.42 Å². The molecule has 0 amide bonds. The second-order valence-electron chi connectivity index (χ2n) is 2.69. The van der Waals surface area contributed by atoms with E-state index in [1.807, 2.05) is 6.92 Å². The Hall–Kier alpha value is -1.20. The number of nitriles is 1. The molecule has 0 aliphatic rings. The molecule has 0 fully saturated rings. The van der Waals surface area contributed by atoms with Crippen LogP contribution >= 0.6 is 11.6 Å². The number of hydrogen-bond acceptors (Lipinski definition) is 2. The van der Waals surface area contributed by atoms with E-state index in [1.54, 1.807) is 19.2 Å². The highest BCUT2D eigenvalue weighted by Gasteiger charge is 2.08. The van der Waals surface area contributed by atoms with Gasteiger partial charge in [0.2, 0.25) is 0 Å². The Balaban J connectivity index is 3.23. The van der Waals surface area contributed by atoms with E-state index in [4.69, 9.17) is 21.6 Å². The van der Waals surface area contributed by atoms with Crippen LogP contribution in [0.4, 0.5) is 0 Å². The van der Waals surface area contributed by atoms with Gasteiger partial charge in [-0.1, -0.05) is 11.6 Å². The third kappa shape index (κ3) is 1.93. The summed E-state index contributed by atoms with van der Waals surface area (Å²) in [6.45, 7) is 1.90. The van der Waals surface area contributed by atoms with Gasteiger partial charge in [0.05, 0.1) is 19.6 Å². The lowest BCUT2D eigenvalue weighted by atomic mass is 10.1. The Morgan fingerprint density at radius 2 is 2.23 bits per heavy atom. The van der Waals surface area contributed by atoms with E-state index < -0.39 is 0 Å². The molecule has 0 aliphatic heterocycles. The van der Waals surface area contributed by atoms with Crippen molar-refractivity contribution in [2.75, 3.05) is 7.11 Å². The van der Waals surface area contributed by atoms with Crippen LogP contribution in [0.25, 0.3) is 0 Å². The fourth-order valence-electron chi connectivity index (χ4n) is 1.22. The van der Waals surface area contributed by atoms with Gasteiger partial charge in [-0.2, -0.15) is 5.26 Å². The molecule has 68 valence electrons. The summed E-state index contributed by atoms with van der Waals surface area (Å²) >= 11 is 5.93. The predicted octanol–water partition coefficient (Wildman–Crippen LogP) is 2.72. The van der Waals surface area contributed by atoms with Crippen LogP contribution in [0.15, 0.2) is 12.1 Å². The van der Waals surface area contributed by atoms with Gasteiger partial charge in [-0.15, -0.1) is 0 Å². The fourth-order valence-corrected chi connectivity index (χ4v) is 1.49. The Bertz CT molecular complexity index is 355. The highest BCUT2D eigenvalue weighted by Crippen LogP contribution is 2.27. The molecule has 0 aliphatic carbocycles. The summed E-state index contributed by atoms with van der Waals surface area (Å²) in [4.78, 5) is 0. The molecule has 1 aromatic rings. The molecule has 0 bridgehead atoms. The van der Waals surface area contributed by atoms with Crippen molar-refractivity contribution < 1.29 is 4.74 Å². The molecule has 2 nitrogen and oxygen atoms in total. The molecule has 0 N–H and O–H groups in total. The summed E-state index contributed by atoms with van der Waals surface area (Å²) in [7, 11) is 1.60. The number of benzene rings is 1. The van der Waals surface area contributed by atoms with Crippen LogP contribution in [0.3, 0.4) is 0 Å². The smallest absolute Gasteiger partial charge is 0.122 e. The van der Waals surface area contributed by atoms with Crippen LogP contribution in [0.2, 0.25) is 5.02 Å². The van der Waals surface area contributed by atoms with Crippen molar-refractivity contribution in [2.45, 2.75) is 13.3 Å². The zero-order valence-corrected chi connectivity index (χ0v) is 8.35. The van der Waals surface area contributed by atoms with Gasteiger partial charge in [0.1, 0.15) is 5.75 Å². The van der Waals surface area contributed by atoms with E-state index in [2.05, 4.69) is 6.07 Å². The van der Waals surface area contributed by atoms with Gasteiger partial charge in [-0.05, 0) is 30.2 Å². The lowest BCUT2D eigenvalue weighted by molar-refractivity contribution is 0.411. The van der Waals surface area contributed by atoms with E-state index in [0.29, 0.717) is 11.4 Å². The van der Waals surface area contributed by atoms with Crippen molar-refractivity contribution in [1.29, 1.82) is 5.26 Å². The topological polar surface area (TPSA) is 33.0 Å². The van der Waals surface area contributed by atoms with Gasteiger partial charge in [0.25, 0.3) is 0 Å². The summed E-state index contributed by atoms with van der Waals surface area (Å²) in [6.07, 6.45) is 0.321.